The Morgan fingerprint density at radius 3 is 2.52 bits per heavy atom. The van der Waals surface area contributed by atoms with Crippen LogP contribution < -0.4 is 4.74 Å². The summed E-state index contributed by atoms with van der Waals surface area (Å²) in [5.41, 5.74) is -0.368. The Morgan fingerprint density at radius 2 is 1.86 bits per heavy atom. The first-order chi connectivity index (χ1) is 10.0. The van der Waals surface area contributed by atoms with E-state index in [0.29, 0.717) is 12.4 Å². The minimum Gasteiger partial charge on any atom is -0.475 e. The van der Waals surface area contributed by atoms with E-state index in [1.807, 2.05) is 18.2 Å². The second-order valence-electron chi connectivity index (χ2n) is 5.03. The maximum absolute atomic E-state index is 12.3. The molecule has 0 spiro atoms. The molecule has 0 fully saturated rings. The molecule has 0 radical (unpaired) electrons. The highest BCUT2D eigenvalue weighted by atomic mass is 16.6. The molecule has 0 amide bonds. The molecule has 114 valence electrons. The third-order valence-corrected chi connectivity index (χ3v) is 3.64. The van der Waals surface area contributed by atoms with Gasteiger partial charge in [0.25, 0.3) is 0 Å². The Hall–Kier alpha value is -2.04. The van der Waals surface area contributed by atoms with Crippen LogP contribution in [0.5, 0.6) is 5.75 Å². The number of rotatable bonds is 5. The van der Waals surface area contributed by atoms with E-state index in [0.717, 1.165) is 5.56 Å². The van der Waals surface area contributed by atoms with E-state index < -0.39 is 17.5 Å². The minimum atomic E-state index is -1.20. The van der Waals surface area contributed by atoms with Gasteiger partial charge in [-0.15, -0.1) is 0 Å². The predicted molar refractivity (Wildman–Crippen MR) is 76.1 cm³/mol. The molecular formula is C16H20O5. The van der Waals surface area contributed by atoms with Gasteiger partial charge in [0, 0.05) is 11.5 Å². The number of esters is 2. The zero-order valence-electron chi connectivity index (χ0n) is 12.5. The van der Waals surface area contributed by atoms with Crippen LogP contribution in [-0.4, -0.2) is 30.8 Å². The van der Waals surface area contributed by atoms with Crippen molar-refractivity contribution in [3.8, 4) is 5.75 Å². The van der Waals surface area contributed by atoms with Crippen LogP contribution in [0.15, 0.2) is 24.3 Å². The average molecular weight is 292 g/mol. The summed E-state index contributed by atoms with van der Waals surface area (Å²) in [5, 5.41) is 0. The van der Waals surface area contributed by atoms with E-state index in [9.17, 15) is 9.59 Å². The number of carbonyl (C=O) groups excluding carboxylic acids is 2. The third kappa shape index (κ3) is 2.86. The smallest absolute Gasteiger partial charge is 0.350 e. The summed E-state index contributed by atoms with van der Waals surface area (Å²) < 4.78 is 15.9. The van der Waals surface area contributed by atoms with Crippen LogP contribution in [0.4, 0.5) is 0 Å². The first kappa shape index (κ1) is 15.4. The lowest BCUT2D eigenvalue weighted by molar-refractivity contribution is -0.161. The Bertz CT molecular complexity index is 539. The van der Waals surface area contributed by atoms with Gasteiger partial charge in [-0.1, -0.05) is 18.2 Å². The molecule has 0 saturated heterocycles. The van der Waals surface area contributed by atoms with Crippen LogP contribution in [0.3, 0.4) is 0 Å². The van der Waals surface area contributed by atoms with Gasteiger partial charge in [-0.2, -0.15) is 0 Å². The van der Waals surface area contributed by atoms with Crippen molar-refractivity contribution in [2.45, 2.75) is 38.7 Å². The molecule has 1 aromatic carbocycles. The minimum absolute atomic E-state index is 0.0835. The average Bonchev–Trinajstić information content (AvgIpc) is 2.74. The highest BCUT2D eigenvalue weighted by Gasteiger charge is 2.52. The van der Waals surface area contributed by atoms with Crippen LogP contribution in [0.2, 0.25) is 0 Å². The molecule has 5 heteroatoms. The Labute approximate surface area is 124 Å². The van der Waals surface area contributed by atoms with E-state index in [4.69, 9.17) is 14.2 Å². The van der Waals surface area contributed by atoms with Crippen molar-refractivity contribution < 1.29 is 23.8 Å². The number of hydrogen-bond acceptors (Lipinski definition) is 5. The normalized spacial score (nSPS) is 23.1. The van der Waals surface area contributed by atoms with E-state index >= 15 is 0 Å². The standard InChI is InChI=1S/C16H20O5/c1-4-19-14(17)10-12-11-8-6-7-9-13(11)21-16(12,3)15(18)20-5-2/h6-9,12H,4-5,10H2,1-3H3/t12-,16+/m1/s1. The Balaban J connectivity index is 2.33. The fourth-order valence-electron chi connectivity index (χ4n) is 2.61. The van der Waals surface area contributed by atoms with Crippen LogP contribution >= 0.6 is 0 Å². The van der Waals surface area contributed by atoms with Gasteiger partial charge in [0.15, 0.2) is 0 Å². The molecule has 0 saturated carbocycles. The summed E-state index contributed by atoms with van der Waals surface area (Å²) in [5.74, 6) is -0.608. The van der Waals surface area contributed by atoms with Crippen LogP contribution in [0.1, 0.15) is 38.7 Å². The summed E-state index contributed by atoms with van der Waals surface area (Å²) in [4.78, 5) is 24.1. The van der Waals surface area contributed by atoms with E-state index in [1.54, 1.807) is 26.8 Å². The lowest BCUT2D eigenvalue weighted by Gasteiger charge is -2.27. The zero-order chi connectivity index (χ0) is 15.5. The lowest BCUT2D eigenvalue weighted by Crippen LogP contribution is -2.45. The van der Waals surface area contributed by atoms with Gasteiger partial charge in [0.1, 0.15) is 5.75 Å². The van der Waals surface area contributed by atoms with Crippen molar-refractivity contribution in [2.24, 2.45) is 0 Å². The summed E-state index contributed by atoms with van der Waals surface area (Å²) in [7, 11) is 0. The van der Waals surface area contributed by atoms with Gasteiger partial charge in [0.2, 0.25) is 5.60 Å². The Kier molecular flexibility index (Phi) is 4.50. The molecule has 1 aromatic rings. The topological polar surface area (TPSA) is 61.8 Å². The van der Waals surface area contributed by atoms with Gasteiger partial charge < -0.3 is 14.2 Å². The van der Waals surface area contributed by atoms with Crippen molar-refractivity contribution in [3.05, 3.63) is 29.8 Å². The quantitative estimate of drug-likeness (QED) is 0.780. The second kappa shape index (κ2) is 6.16. The van der Waals surface area contributed by atoms with Crippen LogP contribution in [0, 0.1) is 0 Å². The van der Waals surface area contributed by atoms with Gasteiger partial charge >= 0.3 is 11.9 Å². The van der Waals surface area contributed by atoms with Crippen molar-refractivity contribution >= 4 is 11.9 Å². The second-order valence-corrected chi connectivity index (χ2v) is 5.03. The molecule has 0 aromatic heterocycles. The first-order valence-corrected chi connectivity index (χ1v) is 7.13. The van der Waals surface area contributed by atoms with E-state index in [-0.39, 0.29) is 19.0 Å². The zero-order valence-corrected chi connectivity index (χ0v) is 12.5. The van der Waals surface area contributed by atoms with Gasteiger partial charge in [0.05, 0.1) is 19.6 Å². The molecule has 0 aliphatic carbocycles. The number of para-hydroxylation sites is 1. The van der Waals surface area contributed by atoms with Crippen LogP contribution in [0.25, 0.3) is 0 Å². The number of ether oxygens (including phenoxy) is 3. The van der Waals surface area contributed by atoms with Gasteiger partial charge in [-0.05, 0) is 26.8 Å². The fourth-order valence-corrected chi connectivity index (χ4v) is 2.61. The maximum Gasteiger partial charge on any atom is 0.350 e. The monoisotopic (exact) mass is 292 g/mol. The summed E-state index contributed by atoms with van der Waals surface area (Å²) in [6, 6.07) is 7.34. The molecule has 2 rings (SSSR count). The number of fused-ring (bicyclic) bond motifs is 1. The first-order valence-electron chi connectivity index (χ1n) is 7.13. The predicted octanol–water partition coefficient (Wildman–Crippen LogP) is 2.44. The van der Waals surface area contributed by atoms with Crippen molar-refractivity contribution in [3.63, 3.8) is 0 Å². The molecule has 2 atom stereocenters. The maximum atomic E-state index is 12.3. The largest absolute Gasteiger partial charge is 0.475 e. The molecule has 0 N–H and O–H groups in total. The van der Waals surface area contributed by atoms with Gasteiger partial charge in [-0.3, -0.25) is 4.79 Å². The number of benzene rings is 1. The van der Waals surface area contributed by atoms with E-state index in [1.165, 1.54) is 0 Å². The van der Waals surface area contributed by atoms with Crippen molar-refractivity contribution in [1.82, 2.24) is 0 Å². The number of hydrogen-bond donors (Lipinski definition) is 0. The Morgan fingerprint density at radius 1 is 1.19 bits per heavy atom. The molecule has 1 aliphatic heterocycles. The van der Waals surface area contributed by atoms with Crippen LogP contribution in [-0.2, 0) is 19.1 Å². The molecule has 21 heavy (non-hydrogen) atoms. The van der Waals surface area contributed by atoms with E-state index in [2.05, 4.69) is 0 Å². The lowest BCUT2D eigenvalue weighted by atomic mass is 9.83. The van der Waals surface area contributed by atoms with Gasteiger partial charge in [-0.25, -0.2) is 4.79 Å². The van der Waals surface area contributed by atoms with Crippen molar-refractivity contribution in [1.29, 1.82) is 0 Å². The van der Waals surface area contributed by atoms with Crippen molar-refractivity contribution in [2.75, 3.05) is 13.2 Å². The molecule has 1 aliphatic rings. The summed E-state index contributed by atoms with van der Waals surface area (Å²) in [6.07, 6.45) is 0.0835. The number of carbonyl (C=O) groups is 2. The third-order valence-electron chi connectivity index (χ3n) is 3.64. The molecule has 0 unspecified atom stereocenters. The summed E-state index contributed by atoms with van der Waals surface area (Å²) >= 11 is 0. The SMILES string of the molecule is CCOC(=O)C[C@@H]1c2ccccc2O[C@]1(C)C(=O)OCC. The molecule has 5 nitrogen and oxygen atoms in total. The summed E-state index contributed by atoms with van der Waals surface area (Å²) in [6.45, 7) is 5.73. The highest BCUT2D eigenvalue weighted by Crippen LogP contribution is 2.47. The molecular weight excluding hydrogens is 272 g/mol. The molecule has 1 heterocycles. The fraction of sp³-hybridized carbons (Fsp3) is 0.500. The molecule has 0 bridgehead atoms. The highest BCUT2D eigenvalue weighted by molar-refractivity contribution is 5.84.